The molecule has 1 N–H and O–H groups in total. The van der Waals surface area contributed by atoms with Gasteiger partial charge in [-0.05, 0) is 26.7 Å². The largest absolute Gasteiger partial charge is 0.378 e. The van der Waals surface area contributed by atoms with Crippen LogP contribution in [-0.4, -0.2) is 41.0 Å². The van der Waals surface area contributed by atoms with Crippen LogP contribution in [0.3, 0.4) is 0 Å². The zero-order chi connectivity index (χ0) is 13.1. The van der Waals surface area contributed by atoms with Gasteiger partial charge in [-0.1, -0.05) is 13.8 Å². The fourth-order valence-corrected chi connectivity index (χ4v) is 3.55. The molecule has 0 aromatic rings. The first-order valence-corrected chi connectivity index (χ1v) is 8.34. The van der Waals surface area contributed by atoms with Crippen molar-refractivity contribution < 1.29 is 8.95 Å². The van der Waals surface area contributed by atoms with E-state index in [2.05, 4.69) is 33.0 Å². The molecule has 3 nitrogen and oxygen atoms in total. The average Bonchev–Trinajstić information content (AvgIpc) is 2.25. The van der Waals surface area contributed by atoms with Crippen LogP contribution in [0.4, 0.5) is 0 Å². The second-order valence-electron chi connectivity index (χ2n) is 5.40. The average molecular weight is 261 g/mol. The molecule has 0 aliphatic heterocycles. The molecule has 0 aromatic heterocycles. The minimum atomic E-state index is -0.723. The van der Waals surface area contributed by atoms with Crippen molar-refractivity contribution in [3.63, 3.8) is 0 Å². The smallest absolute Gasteiger partial charge is 0.0658 e. The molecule has 5 unspecified atom stereocenters. The zero-order valence-electron chi connectivity index (χ0n) is 11.8. The second-order valence-corrected chi connectivity index (χ2v) is 6.88. The van der Waals surface area contributed by atoms with E-state index in [0.29, 0.717) is 18.2 Å². The predicted octanol–water partition coefficient (Wildman–Crippen LogP) is 1.94. The monoisotopic (exact) mass is 261 g/mol. The van der Waals surface area contributed by atoms with Gasteiger partial charge >= 0.3 is 0 Å². The maximum absolute atomic E-state index is 11.2. The van der Waals surface area contributed by atoms with Crippen LogP contribution in [0.25, 0.3) is 0 Å². The highest BCUT2D eigenvalue weighted by molar-refractivity contribution is 7.84. The van der Waals surface area contributed by atoms with E-state index in [1.54, 1.807) is 6.26 Å². The Labute approximate surface area is 108 Å². The molecule has 1 aliphatic carbocycles. The molecule has 0 saturated heterocycles. The maximum atomic E-state index is 11.2. The van der Waals surface area contributed by atoms with E-state index in [9.17, 15) is 4.21 Å². The Balaban J connectivity index is 2.48. The van der Waals surface area contributed by atoms with E-state index in [1.807, 2.05) is 0 Å². The summed E-state index contributed by atoms with van der Waals surface area (Å²) in [6.45, 7) is 9.49. The Hall–Kier alpha value is 0.0700. The highest BCUT2D eigenvalue weighted by Crippen LogP contribution is 2.46. The molecular formula is C13H27NO2S. The van der Waals surface area contributed by atoms with Crippen LogP contribution in [0.15, 0.2) is 0 Å². The van der Waals surface area contributed by atoms with Gasteiger partial charge in [-0.3, -0.25) is 4.21 Å². The van der Waals surface area contributed by atoms with E-state index >= 15 is 0 Å². The van der Waals surface area contributed by atoms with Crippen molar-refractivity contribution in [2.75, 3.05) is 18.6 Å². The van der Waals surface area contributed by atoms with Crippen LogP contribution in [0.1, 0.15) is 40.5 Å². The van der Waals surface area contributed by atoms with Gasteiger partial charge in [-0.15, -0.1) is 0 Å². The molecule has 0 radical (unpaired) electrons. The summed E-state index contributed by atoms with van der Waals surface area (Å²) in [4.78, 5) is 0. The molecule has 0 bridgehead atoms. The highest BCUT2D eigenvalue weighted by Gasteiger charge is 2.51. The van der Waals surface area contributed by atoms with Crippen molar-refractivity contribution in [1.29, 1.82) is 0 Å². The molecule has 0 spiro atoms. The molecule has 1 aliphatic rings. The lowest BCUT2D eigenvalue weighted by atomic mass is 9.61. The van der Waals surface area contributed by atoms with Crippen LogP contribution < -0.4 is 5.32 Å². The SMILES string of the molecule is CCOC1CC(NC(C)CS(C)=O)C1(C)CC. The lowest BCUT2D eigenvalue weighted by Crippen LogP contribution is -2.64. The normalized spacial score (nSPS) is 36.3. The fourth-order valence-electron chi connectivity index (χ4n) is 2.75. The molecule has 4 heteroatoms. The summed E-state index contributed by atoms with van der Waals surface area (Å²) in [5, 5.41) is 3.60. The van der Waals surface area contributed by atoms with Gasteiger partial charge in [0.15, 0.2) is 0 Å². The molecule has 1 fully saturated rings. The number of rotatable bonds is 7. The molecule has 102 valence electrons. The van der Waals surface area contributed by atoms with Crippen molar-refractivity contribution >= 4 is 10.8 Å². The van der Waals surface area contributed by atoms with Crippen LogP contribution in [0, 0.1) is 5.41 Å². The molecule has 0 amide bonds. The first-order valence-electron chi connectivity index (χ1n) is 6.61. The maximum Gasteiger partial charge on any atom is 0.0658 e. The van der Waals surface area contributed by atoms with Crippen LogP contribution in [0.2, 0.25) is 0 Å². The fraction of sp³-hybridized carbons (Fsp3) is 1.00. The van der Waals surface area contributed by atoms with E-state index in [4.69, 9.17) is 4.74 Å². The summed E-state index contributed by atoms with van der Waals surface area (Å²) in [6, 6.07) is 0.821. The third kappa shape index (κ3) is 3.52. The van der Waals surface area contributed by atoms with E-state index in [-0.39, 0.29) is 5.41 Å². The number of hydrogen-bond acceptors (Lipinski definition) is 3. The lowest BCUT2D eigenvalue weighted by Gasteiger charge is -2.54. The number of nitrogens with one attached hydrogen (secondary N) is 1. The first kappa shape index (κ1) is 15.1. The van der Waals surface area contributed by atoms with Crippen LogP contribution in [-0.2, 0) is 15.5 Å². The van der Waals surface area contributed by atoms with Gasteiger partial charge in [0.25, 0.3) is 0 Å². The predicted molar refractivity (Wildman–Crippen MR) is 73.7 cm³/mol. The summed E-state index contributed by atoms with van der Waals surface area (Å²) in [6.07, 6.45) is 4.35. The summed E-state index contributed by atoms with van der Waals surface area (Å²) in [7, 11) is -0.723. The topological polar surface area (TPSA) is 38.3 Å². The van der Waals surface area contributed by atoms with Crippen molar-refractivity contribution in [2.45, 2.75) is 58.7 Å². The minimum absolute atomic E-state index is 0.236. The number of hydrogen-bond donors (Lipinski definition) is 1. The minimum Gasteiger partial charge on any atom is -0.378 e. The standard InChI is InChI=1S/C13H27NO2S/c1-6-13(4)11(8-12(13)16-7-2)14-10(3)9-17(5)15/h10-12,14H,6-9H2,1-5H3. The number of ether oxygens (including phenoxy) is 1. The summed E-state index contributed by atoms with van der Waals surface area (Å²) < 4.78 is 17.0. The quantitative estimate of drug-likeness (QED) is 0.761. The van der Waals surface area contributed by atoms with Gasteiger partial charge in [-0.2, -0.15) is 0 Å². The van der Waals surface area contributed by atoms with E-state index in [1.165, 1.54) is 0 Å². The van der Waals surface area contributed by atoms with Crippen molar-refractivity contribution in [3.8, 4) is 0 Å². The van der Waals surface area contributed by atoms with E-state index in [0.717, 1.165) is 25.2 Å². The molecule has 1 saturated carbocycles. The third-order valence-corrected chi connectivity index (χ3v) is 5.05. The lowest BCUT2D eigenvalue weighted by molar-refractivity contribution is -0.127. The Bertz CT molecular complexity index is 272. The van der Waals surface area contributed by atoms with Gasteiger partial charge in [0.05, 0.1) is 6.10 Å². The van der Waals surface area contributed by atoms with Crippen LogP contribution >= 0.6 is 0 Å². The summed E-state index contributed by atoms with van der Waals surface area (Å²) >= 11 is 0. The van der Waals surface area contributed by atoms with Gasteiger partial charge in [0.1, 0.15) is 0 Å². The molecule has 1 rings (SSSR count). The van der Waals surface area contributed by atoms with Crippen molar-refractivity contribution in [2.24, 2.45) is 5.41 Å². The zero-order valence-corrected chi connectivity index (χ0v) is 12.6. The van der Waals surface area contributed by atoms with Crippen molar-refractivity contribution in [1.82, 2.24) is 5.32 Å². The Morgan fingerprint density at radius 1 is 1.53 bits per heavy atom. The molecule has 0 heterocycles. The van der Waals surface area contributed by atoms with Gasteiger partial charge in [-0.25, -0.2) is 0 Å². The summed E-state index contributed by atoms with van der Waals surface area (Å²) in [5.74, 6) is 0.732. The van der Waals surface area contributed by atoms with Gasteiger partial charge in [0, 0.05) is 46.9 Å². The van der Waals surface area contributed by atoms with Gasteiger partial charge < -0.3 is 10.1 Å². The molecule has 17 heavy (non-hydrogen) atoms. The van der Waals surface area contributed by atoms with E-state index < -0.39 is 10.8 Å². The highest BCUT2D eigenvalue weighted by atomic mass is 32.2. The first-order chi connectivity index (χ1) is 7.93. The van der Waals surface area contributed by atoms with Crippen LogP contribution in [0.5, 0.6) is 0 Å². The Kier molecular flexibility index (Phi) is 5.61. The van der Waals surface area contributed by atoms with Gasteiger partial charge in [0.2, 0.25) is 0 Å². The third-order valence-electron chi connectivity index (χ3n) is 4.08. The second kappa shape index (κ2) is 6.30. The molecular weight excluding hydrogens is 234 g/mol. The molecule has 5 atom stereocenters. The summed E-state index contributed by atoms with van der Waals surface area (Å²) in [5.41, 5.74) is 0.236. The van der Waals surface area contributed by atoms with Crippen molar-refractivity contribution in [3.05, 3.63) is 0 Å². The Morgan fingerprint density at radius 3 is 2.65 bits per heavy atom. The molecule has 0 aromatic carbocycles. The Morgan fingerprint density at radius 2 is 2.18 bits per heavy atom.